The number of hydrogen-bond donors (Lipinski definition) is 5. The molecule has 3 atom stereocenters. The predicted molar refractivity (Wildman–Crippen MR) is 164 cm³/mol. The maximum Gasteiger partial charge on any atom is 0.326 e. The summed E-state index contributed by atoms with van der Waals surface area (Å²) < 4.78 is 4.51. The van der Waals surface area contributed by atoms with Gasteiger partial charge in [0.15, 0.2) is 0 Å². The first-order valence-electron chi connectivity index (χ1n) is 14.9. The van der Waals surface area contributed by atoms with Crippen LogP contribution in [0.1, 0.15) is 56.7 Å². The third-order valence-corrected chi connectivity index (χ3v) is 7.50. The second-order valence-corrected chi connectivity index (χ2v) is 10.6. The summed E-state index contributed by atoms with van der Waals surface area (Å²) in [5, 5.41) is 34.1. The summed E-state index contributed by atoms with van der Waals surface area (Å²) >= 11 is 0. The largest absolute Gasteiger partial charge is 0.480 e. The highest BCUT2D eigenvalue weighted by Crippen LogP contribution is 2.17. The fourth-order valence-electron chi connectivity index (χ4n) is 5.02. The van der Waals surface area contributed by atoms with Crippen LogP contribution in [0.25, 0.3) is 0 Å². The van der Waals surface area contributed by atoms with Crippen molar-refractivity contribution in [3.63, 3.8) is 0 Å². The SMILES string of the molecule is O=C(CC[C@@H](C(=O)O)n1cccc1)NCCN(CCNC(=O)CC[C@@H](C(=O)O)n1cccc1)C(=O)CC[C@@H](C(=O)O)n1cccc1. The van der Waals surface area contributed by atoms with Crippen molar-refractivity contribution in [1.29, 1.82) is 0 Å². The highest BCUT2D eigenvalue weighted by atomic mass is 16.4. The molecule has 0 saturated heterocycles. The summed E-state index contributed by atoms with van der Waals surface area (Å²) in [6.45, 7) is 0.237. The first-order valence-corrected chi connectivity index (χ1v) is 14.9. The van der Waals surface area contributed by atoms with Crippen molar-refractivity contribution in [1.82, 2.24) is 29.2 Å². The van der Waals surface area contributed by atoms with Crippen LogP contribution in [0.3, 0.4) is 0 Å². The molecule has 3 amide bonds. The van der Waals surface area contributed by atoms with E-state index in [0.717, 1.165) is 0 Å². The number of aliphatic carboxylic acids is 3. The monoisotopic (exact) mass is 640 g/mol. The number of rotatable bonds is 21. The van der Waals surface area contributed by atoms with Gasteiger partial charge in [0, 0.05) is 82.6 Å². The minimum atomic E-state index is -1.09. The lowest BCUT2D eigenvalue weighted by atomic mass is 10.1. The van der Waals surface area contributed by atoms with Crippen molar-refractivity contribution in [2.75, 3.05) is 26.2 Å². The molecule has 46 heavy (non-hydrogen) atoms. The minimum absolute atomic E-state index is 0.0179. The Labute approximate surface area is 265 Å². The van der Waals surface area contributed by atoms with Crippen LogP contribution in [0.2, 0.25) is 0 Å². The van der Waals surface area contributed by atoms with E-state index in [9.17, 15) is 44.1 Å². The second kappa shape index (κ2) is 17.8. The average molecular weight is 641 g/mol. The smallest absolute Gasteiger partial charge is 0.326 e. The van der Waals surface area contributed by atoms with Crippen molar-refractivity contribution in [3.05, 3.63) is 73.6 Å². The Morgan fingerprint density at radius 1 is 0.522 bits per heavy atom. The van der Waals surface area contributed by atoms with Gasteiger partial charge in [-0.3, -0.25) is 14.4 Å². The molecule has 0 aromatic carbocycles. The van der Waals surface area contributed by atoms with E-state index in [2.05, 4.69) is 10.6 Å². The Morgan fingerprint density at radius 3 is 1.13 bits per heavy atom. The van der Waals surface area contributed by atoms with Gasteiger partial charge in [-0.1, -0.05) is 0 Å². The van der Waals surface area contributed by atoms with E-state index < -0.39 is 47.8 Å². The van der Waals surface area contributed by atoms with E-state index in [1.54, 1.807) is 73.6 Å². The number of aromatic nitrogens is 3. The molecule has 0 spiro atoms. The molecule has 5 N–H and O–H groups in total. The zero-order valence-electron chi connectivity index (χ0n) is 25.3. The van der Waals surface area contributed by atoms with Gasteiger partial charge in [0.2, 0.25) is 17.7 Å². The van der Waals surface area contributed by atoms with Crippen LogP contribution in [0.15, 0.2) is 73.6 Å². The van der Waals surface area contributed by atoms with Crippen molar-refractivity contribution in [3.8, 4) is 0 Å². The Bertz CT molecular complexity index is 1350. The van der Waals surface area contributed by atoms with Gasteiger partial charge < -0.3 is 44.6 Å². The molecule has 0 radical (unpaired) electrons. The van der Waals surface area contributed by atoms with Gasteiger partial charge in [-0.15, -0.1) is 0 Å². The molecule has 0 bridgehead atoms. The first-order chi connectivity index (χ1) is 22.1. The topological polar surface area (TPSA) is 205 Å². The molecular formula is C31H40N6O9. The van der Waals surface area contributed by atoms with Crippen molar-refractivity contribution in [2.45, 2.75) is 56.7 Å². The molecular weight excluding hydrogens is 600 g/mol. The molecule has 0 unspecified atom stereocenters. The van der Waals surface area contributed by atoms with Gasteiger partial charge in [0.25, 0.3) is 0 Å². The molecule has 0 saturated carbocycles. The van der Waals surface area contributed by atoms with E-state index >= 15 is 0 Å². The van der Waals surface area contributed by atoms with Crippen LogP contribution >= 0.6 is 0 Å². The van der Waals surface area contributed by atoms with Crippen LogP contribution in [0, 0.1) is 0 Å². The van der Waals surface area contributed by atoms with Crippen LogP contribution in [0.5, 0.6) is 0 Å². The molecule has 0 aliphatic rings. The molecule has 3 rings (SSSR count). The third kappa shape index (κ3) is 11.0. The Morgan fingerprint density at radius 2 is 0.826 bits per heavy atom. The van der Waals surface area contributed by atoms with Gasteiger partial charge in [-0.2, -0.15) is 0 Å². The zero-order chi connectivity index (χ0) is 33.5. The lowest BCUT2D eigenvalue weighted by molar-refractivity contribution is -0.142. The molecule has 0 aliphatic carbocycles. The van der Waals surface area contributed by atoms with Crippen molar-refractivity contribution in [2.24, 2.45) is 0 Å². The van der Waals surface area contributed by atoms with Gasteiger partial charge in [0.05, 0.1) is 0 Å². The summed E-state index contributed by atoms with van der Waals surface area (Å²) in [6.07, 6.45) is 9.55. The Hall–Kier alpha value is -5.34. The van der Waals surface area contributed by atoms with Crippen LogP contribution in [-0.2, 0) is 28.8 Å². The Kier molecular flexibility index (Phi) is 13.6. The fraction of sp³-hybridized carbons (Fsp3) is 0.419. The zero-order valence-corrected chi connectivity index (χ0v) is 25.3. The number of amides is 3. The first kappa shape index (κ1) is 35.1. The van der Waals surface area contributed by atoms with E-state index in [-0.39, 0.29) is 70.6 Å². The molecule has 0 fully saturated rings. The molecule has 3 heterocycles. The van der Waals surface area contributed by atoms with Crippen molar-refractivity contribution >= 4 is 35.6 Å². The number of nitrogens with zero attached hydrogens (tertiary/aromatic N) is 4. The quantitative estimate of drug-likeness (QED) is 0.115. The summed E-state index contributed by atoms with van der Waals surface area (Å²) in [5.74, 6) is -4.38. The summed E-state index contributed by atoms with van der Waals surface area (Å²) in [5.41, 5.74) is 0. The van der Waals surface area contributed by atoms with E-state index in [1.165, 1.54) is 18.6 Å². The van der Waals surface area contributed by atoms with Crippen molar-refractivity contribution < 1.29 is 44.1 Å². The molecule has 3 aromatic rings. The molecule has 15 heteroatoms. The lowest BCUT2D eigenvalue weighted by Crippen LogP contribution is -2.43. The summed E-state index contributed by atoms with van der Waals surface area (Å²) in [7, 11) is 0. The molecule has 248 valence electrons. The lowest BCUT2D eigenvalue weighted by Gasteiger charge is -2.24. The summed E-state index contributed by atoms with van der Waals surface area (Å²) in [6, 6.07) is 7.38. The maximum atomic E-state index is 13.2. The highest BCUT2D eigenvalue weighted by Gasteiger charge is 2.24. The van der Waals surface area contributed by atoms with E-state index in [4.69, 9.17) is 0 Å². The number of hydrogen-bond acceptors (Lipinski definition) is 6. The van der Waals surface area contributed by atoms with Gasteiger partial charge in [0.1, 0.15) is 18.1 Å². The Balaban J connectivity index is 1.53. The van der Waals surface area contributed by atoms with Gasteiger partial charge >= 0.3 is 17.9 Å². The molecule has 3 aromatic heterocycles. The highest BCUT2D eigenvalue weighted by molar-refractivity contribution is 5.80. The summed E-state index contributed by atoms with van der Waals surface area (Å²) in [4.78, 5) is 74.7. The van der Waals surface area contributed by atoms with E-state index in [1.807, 2.05) is 0 Å². The van der Waals surface area contributed by atoms with Gasteiger partial charge in [-0.05, 0) is 55.7 Å². The number of carboxylic acids is 3. The number of carbonyl (C=O) groups is 6. The second-order valence-electron chi connectivity index (χ2n) is 10.6. The minimum Gasteiger partial charge on any atom is -0.480 e. The molecule has 15 nitrogen and oxygen atoms in total. The third-order valence-electron chi connectivity index (χ3n) is 7.50. The standard InChI is InChI=1S/C31H40N6O9/c38-26(10-7-23(29(41)42)34-15-1-2-16-34)32-13-21-37(28(40)12-9-25(31(45)46)36-19-5-6-20-36)22-14-33-27(39)11-8-24(30(43)44)35-17-3-4-18-35/h1-6,15-20,23-25H,7-14,21-22H2,(H,32,38)(H,33,39)(H,41,42)(H,43,44)(H,45,46)/t23-,24-,25-/m0/s1. The number of carboxylic acid groups (broad SMARTS) is 3. The number of nitrogens with one attached hydrogen (secondary N) is 2. The van der Waals surface area contributed by atoms with Crippen LogP contribution in [-0.4, -0.2) is 95.7 Å². The maximum absolute atomic E-state index is 13.2. The average Bonchev–Trinajstić information content (AvgIpc) is 3.81. The predicted octanol–water partition coefficient (Wildman–Crippen LogP) is 1.77. The van der Waals surface area contributed by atoms with Crippen LogP contribution < -0.4 is 10.6 Å². The number of carbonyl (C=O) groups excluding carboxylic acids is 3. The normalized spacial score (nSPS) is 12.9. The van der Waals surface area contributed by atoms with Gasteiger partial charge in [-0.25, -0.2) is 14.4 Å². The van der Waals surface area contributed by atoms with E-state index in [0.29, 0.717) is 0 Å². The fourth-order valence-corrected chi connectivity index (χ4v) is 5.02. The molecule has 0 aliphatic heterocycles. The van der Waals surface area contributed by atoms with Crippen LogP contribution in [0.4, 0.5) is 0 Å².